The van der Waals surface area contributed by atoms with Crippen molar-refractivity contribution in [3.05, 3.63) is 65.4 Å². The lowest BCUT2D eigenvalue weighted by atomic mass is 9.76. The van der Waals surface area contributed by atoms with Gasteiger partial charge in [-0.3, -0.25) is 0 Å². The lowest BCUT2D eigenvalue weighted by Gasteiger charge is -2.31. The minimum Gasteiger partial charge on any atom is -0.491 e. The number of hydrogen-bond donors (Lipinski definition) is 0. The molecule has 1 unspecified atom stereocenters. The van der Waals surface area contributed by atoms with E-state index in [-0.39, 0.29) is 5.41 Å². The van der Waals surface area contributed by atoms with Crippen molar-refractivity contribution in [1.29, 1.82) is 0 Å². The van der Waals surface area contributed by atoms with Gasteiger partial charge >= 0.3 is 0 Å². The van der Waals surface area contributed by atoms with Crippen LogP contribution in [-0.2, 0) is 16.6 Å². The van der Waals surface area contributed by atoms with E-state index in [2.05, 4.69) is 87.1 Å². The number of benzene rings is 2. The third-order valence-corrected chi connectivity index (χ3v) is 5.89. The molecule has 0 N–H and O–H groups in total. The largest absolute Gasteiger partial charge is 0.491 e. The lowest BCUT2D eigenvalue weighted by molar-refractivity contribution is 0.145. The van der Waals surface area contributed by atoms with Crippen molar-refractivity contribution in [2.45, 2.75) is 32.6 Å². The second kappa shape index (κ2) is 8.91. The Morgan fingerprint density at radius 3 is 2.52 bits per heavy atom. The summed E-state index contributed by atoms with van der Waals surface area (Å²) in [6.07, 6.45) is 3.16. The van der Waals surface area contributed by atoms with E-state index in [4.69, 9.17) is 9.47 Å². The average molecular weight is 395 g/mol. The van der Waals surface area contributed by atoms with Gasteiger partial charge in [0.1, 0.15) is 12.4 Å². The summed E-state index contributed by atoms with van der Waals surface area (Å²) in [4.78, 5) is 4.62. The van der Waals surface area contributed by atoms with Gasteiger partial charge in [0.15, 0.2) is 0 Å². The smallest absolute Gasteiger partial charge is 0.122 e. The molecule has 1 aliphatic rings. The molecular formula is C25H34N2O2. The number of likely N-dealkylation sites (N-methyl/N-ethyl adjacent to an activating group) is 1. The Kier molecular flexibility index (Phi) is 6.53. The molecular weight excluding hydrogens is 360 g/mol. The molecule has 0 radical (unpaired) electrons. The molecule has 0 aromatic heterocycles. The molecule has 156 valence electrons. The molecule has 0 aliphatic carbocycles. The summed E-state index contributed by atoms with van der Waals surface area (Å²) in [5.74, 6) is 0.946. The molecule has 3 rings (SSSR count). The minimum atomic E-state index is -0.118. The van der Waals surface area contributed by atoms with E-state index in [1.807, 2.05) is 6.07 Å². The van der Waals surface area contributed by atoms with Crippen LogP contribution in [0.25, 0.3) is 0 Å². The number of fused-ring (bicyclic) bond motifs is 1. The number of hydrogen-bond acceptors (Lipinski definition) is 4. The molecule has 1 atom stereocenters. The van der Waals surface area contributed by atoms with E-state index in [1.165, 1.54) is 28.2 Å². The topological polar surface area (TPSA) is 24.9 Å². The summed E-state index contributed by atoms with van der Waals surface area (Å²) in [6, 6.07) is 15.2. The highest BCUT2D eigenvalue weighted by Gasteiger charge is 2.43. The number of para-hydroxylation sites is 1. The fourth-order valence-electron chi connectivity index (χ4n) is 4.45. The van der Waals surface area contributed by atoms with Crippen LogP contribution in [0.5, 0.6) is 5.75 Å². The molecule has 0 amide bonds. The Balaban J connectivity index is 2.05. The highest BCUT2D eigenvalue weighted by molar-refractivity contribution is 5.74. The molecule has 0 spiro atoms. The van der Waals surface area contributed by atoms with Crippen molar-refractivity contribution >= 4 is 11.4 Å². The van der Waals surface area contributed by atoms with Crippen LogP contribution in [0.1, 0.15) is 31.9 Å². The highest BCUT2D eigenvalue weighted by atomic mass is 16.5. The Bertz CT molecular complexity index is 875. The third-order valence-electron chi connectivity index (χ3n) is 5.89. The number of allylic oxidation sites excluding steroid dienone is 2. The van der Waals surface area contributed by atoms with Gasteiger partial charge in [0, 0.05) is 50.2 Å². The van der Waals surface area contributed by atoms with Crippen molar-refractivity contribution in [2.75, 3.05) is 50.8 Å². The molecule has 29 heavy (non-hydrogen) atoms. The van der Waals surface area contributed by atoms with E-state index in [0.29, 0.717) is 13.2 Å². The molecule has 2 aromatic rings. The second-order valence-electron chi connectivity index (χ2n) is 7.97. The van der Waals surface area contributed by atoms with Crippen LogP contribution in [0.2, 0.25) is 0 Å². The van der Waals surface area contributed by atoms with Gasteiger partial charge in [-0.05, 0) is 62.6 Å². The van der Waals surface area contributed by atoms with Crippen molar-refractivity contribution < 1.29 is 9.47 Å². The predicted octanol–water partition coefficient (Wildman–Crippen LogP) is 5.02. The summed E-state index contributed by atoms with van der Waals surface area (Å²) in [5.41, 5.74) is 6.39. The first-order chi connectivity index (χ1) is 14.0. The summed E-state index contributed by atoms with van der Waals surface area (Å²) in [5, 5.41) is 0. The monoisotopic (exact) mass is 394 g/mol. The zero-order chi connectivity index (χ0) is 21.0. The van der Waals surface area contributed by atoms with E-state index in [1.54, 1.807) is 7.11 Å². The van der Waals surface area contributed by atoms with Gasteiger partial charge in [0.05, 0.1) is 6.61 Å². The summed E-state index contributed by atoms with van der Waals surface area (Å²) >= 11 is 0. The van der Waals surface area contributed by atoms with Crippen LogP contribution in [0, 0.1) is 0 Å². The maximum Gasteiger partial charge on any atom is 0.122 e. The standard InChI is InChI=1S/C25H34N2O2/c1-7-24-25(3,18-19-11-9-10-12-23(19)29-16-15-28-6)21-17-20(26(4)5)13-14-22(21)27(24)8-2/h7,9-14,17H,8,15-16,18H2,1-6H3/b24-7-. The fourth-order valence-corrected chi connectivity index (χ4v) is 4.45. The zero-order valence-corrected chi connectivity index (χ0v) is 18.7. The van der Waals surface area contributed by atoms with E-state index >= 15 is 0 Å². The second-order valence-corrected chi connectivity index (χ2v) is 7.97. The van der Waals surface area contributed by atoms with Gasteiger partial charge < -0.3 is 19.3 Å². The molecule has 4 heteroatoms. The number of anilines is 2. The first-order valence-corrected chi connectivity index (χ1v) is 10.4. The molecule has 0 saturated carbocycles. The van der Waals surface area contributed by atoms with Gasteiger partial charge in [0.2, 0.25) is 0 Å². The van der Waals surface area contributed by atoms with Crippen molar-refractivity contribution in [1.82, 2.24) is 0 Å². The lowest BCUT2D eigenvalue weighted by Crippen LogP contribution is -2.30. The number of ether oxygens (including phenoxy) is 2. The SMILES string of the molecule is C/C=C1\N(CC)c2ccc(N(C)C)cc2C1(C)Cc1ccccc1OCCOC. The Morgan fingerprint density at radius 1 is 1.10 bits per heavy atom. The molecule has 0 bridgehead atoms. The van der Waals surface area contributed by atoms with Crippen LogP contribution < -0.4 is 14.5 Å². The zero-order valence-electron chi connectivity index (χ0n) is 18.7. The van der Waals surface area contributed by atoms with Crippen LogP contribution in [0.3, 0.4) is 0 Å². The van der Waals surface area contributed by atoms with E-state index in [0.717, 1.165) is 18.7 Å². The third kappa shape index (κ3) is 3.99. The normalized spacial score (nSPS) is 19.5. The first-order valence-electron chi connectivity index (χ1n) is 10.4. The van der Waals surface area contributed by atoms with Gasteiger partial charge in [-0.25, -0.2) is 0 Å². The molecule has 0 fully saturated rings. The minimum absolute atomic E-state index is 0.118. The average Bonchev–Trinajstić information content (AvgIpc) is 2.96. The Labute approximate surface area is 175 Å². The summed E-state index contributed by atoms with van der Waals surface area (Å²) in [6.45, 7) is 8.84. The maximum absolute atomic E-state index is 6.04. The van der Waals surface area contributed by atoms with Crippen molar-refractivity contribution in [2.24, 2.45) is 0 Å². The van der Waals surface area contributed by atoms with E-state index < -0.39 is 0 Å². The summed E-state index contributed by atoms with van der Waals surface area (Å²) in [7, 11) is 5.90. The molecule has 1 heterocycles. The van der Waals surface area contributed by atoms with Crippen LogP contribution >= 0.6 is 0 Å². The summed E-state index contributed by atoms with van der Waals surface area (Å²) < 4.78 is 11.2. The highest BCUT2D eigenvalue weighted by Crippen LogP contribution is 2.51. The van der Waals surface area contributed by atoms with Crippen LogP contribution in [0.15, 0.2) is 54.2 Å². The van der Waals surface area contributed by atoms with E-state index in [9.17, 15) is 0 Å². The Hall–Kier alpha value is -2.46. The maximum atomic E-state index is 6.04. The van der Waals surface area contributed by atoms with Gasteiger partial charge in [-0.15, -0.1) is 0 Å². The fraction of sp³-hybridized carbons (Fsp3) is 0.440. The van der Waals surface area contributed by atoms with Gasteiger partial charge in [0.25, 0.3) is 0 Å². The van der Waals surface area contributed by atoms with Crippen LogP contribution in [0.4, 0.5) is 11.4 Å². The molecule has 4 nitrogen and oxygen atoms in total. The number of nitrogens with zero attached hydrogens (tertiary/aromatic N) is 2. The van der Waals surface area contributed by atoms with Crippen LogP contribution in [-0.4, -0.2) is 41.0 Å². The van der Waals surface area contributed by atoms with Crippen molar-refractivity contribution in [3.63, 3.8) is 0 Å². The number of rotatable bonds is 8. The Morgan fingerprint density at radius 2 is 1.86 bits per heavy atom. The predicted molar refractivity (Wildman–Crippen MR) is 122 cm³/mol. The first kappa shape index (κ1) is 21.3. The molecule has 2 aromatic carbocycles. The quantitative estimate of drug-likeness (QED) is 0.587. The van der Waals surface area contributed by atoms with Gasteiger partial charge in [-0.2, -0.15) is 0 Å². The number of methoxy groups -OCH3 is 1. The van der Waals surface area contributed by atoms with Gasteiger partial charge in [-0.1, -0.05) is 24.3 Å². The molecule has 0 saturated heterocycles. The van der Waals surface area contributed by atoms with Crippen molar-refractivity contribution in [3.8, 4) is 5.75 Å². The molecule has 1 aliphatic heterocycles.